The Labute approximate surface area is 104 Å². The summed E-state index contributed by atoms with van der Waals surface area (Å²) in [5, 5.41) is 0.592. The molecule has 0 aliphatic carbocycles. The van der Waals surface area contributed by atoms with Gasteiger partial charge in [0.05, 0.1) is 5.56 Å². The number of amides is 1. The van der Waals surface area contributed by atoms with Crippen molar-refractivity contribution in [1.29, 1.82) is 0 Å². The molecule has 0 spiro atoms. The van der Waals surface area contributed by atoms with Crippen LogP contribution in [0.15, 0.2) is 23.4 Å². The number of hydrogen-bond donors (Lipinski definition) is 0. The Morgan fingerprint density at radius 1 is 1.47 bits per heavy atom. The molecule has 1 heterocycles. The number of esters is 1. The van der Waals surface area contributed by atoms with Gasteiger partial charge in [0.15, 0.2) is 6.61 Å². The Morgan fingerprint density at radius 3 is 2.76 bits per heavy atom. The third kappa shape index (κ3) is 3.74. The number of aromatic nitrogens is 1. The highest BCUT2D eigenvalue weighted by atomic mass is 32.2. The molecule has 0 saturated heterocycles. The summed E-state index contributed by atoms with van der Waals surface area (Å²) in [6.45, 7) is -0.255. The van der Waals surface area contributed by atoms with Crippen LogP contribution in [0.5, 0.6) is 0 Å². The van der Waals surface area contributed by atoms with Crippen LogP contribution in [-0.2, 0) is 9.53 Å². The highest BCUT2D eigenvalue weighted by Crippen LogP contribution is 2.17. The first-order valence-electron chi connectivity index (χ1n) is 4.92. The van der Waals surface area contributed by atoms with Gasteiger partial charge in [-0.15, -0.1) is 11.8 Å². The molecule has 1 rings (SSSR count). The molecule has 0 aliphatic rings. The molecule has 1 aromatic heterocycles. The first kappa shape index (κ1) is 13.5. The summed E-state index contributed by atoms with van der Waals surface area (Å²) in [6.07, 6.45) is 3.43. The molecular weight excluding hydrogens is 240 g/mol. The van der Waals surface area contributed by atoms with E-state index in [0.29, 0.717) is 10.6 Å². The molecule has 0 bridgehead atoms. The zero-order chi connectivity index (χ0) is 12.8. The number of rotatable bonds is 4. The summed E-state index contributed by atoms with van der Waals surface area (Å²) in [5.41, 5.74) is 0.381. The first-order valence-corrected chi connectivity index (χ1v) is 6.15. The van der Waals surface area contributed by atoms with Gasteiger partial charge < -0.3 is 9.64 Å². The predicted octanol–water partition coefficient (Wildman–Crippen LogP) is 1.05. The van der Waals surface area contributed by atoms with Crippen molar-refractivity contribution < 1.29 is 14.3 Å². The minimum absolute atomic E-state index is 0.255. The molecule has 0 aliphatic heterocycles. The fraction of sp³-hybridized carbons (Fsp3) is 0.364. The van der Waals surface area contributed by atoms with E-state index in [1.54, 1.807) is 32.4 Å². The topological polar surface area (TPSA) is 59.5 Å². The van der Waals surface area contributed by atoms with E-state index in [-0.39, 0.29) is 12.5 Å². The second-order valence-electron chi connectivity index (χ2n) is 3.42. The lowest BCUT2D eigenvalue weighted by Gasteiger charge is -2.11. The van der Waals surface area contributed by atoms with Gasteiger partial charge in [-0.1, -0.05) is 0 Å². The van der Waals surface area contributed by atoms with Crippen LogP contribution in [0.2, 0.25) is 0 Å². The molecule has 1 amide bonds. The second kappa shape index (κ2) is 6.24. The van der Waals surface area contributed by atoms with Crippen LogP contribution < -0.4 is 0 Å². The average Bonchev–Trinajstić information content (AvgIpc) is 2.35. The van der Waals surface area contributed by atoms with Gasteiger partial charge in [0, 0.05) is 20.3 Å². The maximum Gasteiger partial charge on any atom is 0.341 e. The third-order valence-electron chi connectivity index (χ3n) is 2.01. The van der Waals surface area contributed by atoms with Gasteiger partial charge in [0.1, 0.15) is 5.03 Å². The summed E-state index contributed by atoms with van der Waals surface area (Å²) >= 11 is 1.36. The summed E-state index contributed by atoms with van der Waals surface area (Å²) in [4.78, 5) is 28.4. The molecule has 0 fully saturated rings. The molecule has 0 atom stereocenters. The van der Waals surface area contributed by atoms with Gasteiger partial charge in [0.25, 0.3) is 5.91 Å². The largest absolute Gasteiger partial charge is 0.452 e. The monoisotopic (exact) mass is 254 g/mol. The van der Waals surface area contributed by atoms with E-state index < -0.39 is 5.97 Å². The molecule has 0 aromatic carbocycles. The average molecular weight is 254 g/mol. The fourth-order valence-corrected chi connectivity index (χ4v) is 1.58. The molecule has 6 heteroatoms. The Bertz CT molecular complexity index is 421. The Morgan fingerprint density at radius 2 is 2.18 bits per heavy atom. The minimum Gasteiger partial charge on any atom is -0.452 e. The van der Waals surface area contributed by atoms with Crippen molar-refractivity contribution in [3.8, 4) is 0 Å². The van der Waals surface area contributed by atoms with Crippen LogP contribution in [0, 0.1) is 0 Å². The van der Waals surface area contributed by atoms with Crippen LogP contribution in [0.3, 0.4) is 0 Å². The first-order chi connectivity index (χ1) is 8.06. The molecule has 92 valence electrons. The van der Waals surface area contributed by atoms with Crippen LogP contribution in [0.4, 0.5) is 0 Å². The number of thioether (sulfide) groups is 1. The van der Waals surface area contributed by atoms with Crippen molar-refractivity contribution in [3.05, 3.63) is 23.9 Å². The number of nitrogens with zero attached hydrogens (tertiary/aromatic N) is 2. The smallest absolute Gasteiger partial charge is 0.341 e. The predicted molar refractivity (Wildman–Crippen MR) is 65.0 cm³/mol. The lowest BCUT2D eigenvalue weighted by atomic mass is 10.3. The maximum absolute atomic E-state index is 11.7. The normalized spacial score (nSPS) is 9.82. The molecule has 0 radical (unpaired) electrons. The zero-order valence-corrected chi connectivity index (χ0v) is 10.8. The number of pyridine rings is 1. The molecule has 0 N–H and O–H groups in total. The van der Waals surface area contributed by atoms with Gasteiger partial charge in [0.2, 0.25) is 0 Å². The van der Waals surface area contributed by atoms with Crippen LogP contribution in [-0.4, -0.2) is 48.7 Å². The van der Waals surface area contributed by atoms with E-state index in [9.17, 15) is 9.59 Å². The number of carbonyl (C=O) groups is 2. The van der Waals surface area contributed by atoms with E-state index in [1.807, 2.05) is 6.26 Å². The fourth-order valence-electron chi connectivity index (χ4n) is 1.04. The van der Waals surface area contributed by atoms with Crippen molar-refractivity contribution in [1.82, 2.24) is 9.88 Å². The Kier molecular flexibility index (Phi) is 4.96. The summed E-state index contributed by atoms with van der Waals surface area (Å²) in [6, 6.07) is 3.28. The standard InChI is InChI=1S/C11H14N2O3S/c1-13(2)9(14)7-16-11(15)8-5-4-6-12-10(8)17-3/h4-6H,7H2,1-3H3. The Hall–Kier alpha value is -1.56. The summed E-state index contributed by atoms with van der Waals surface area (Å²) < 4.78 is 4.91. The van der Waals surface area contributed by atoms with Crippen molar-refractivity contribution >= 4 is 23.6 Å². The quantitative estimate of drug-likeness (QED) is 0.593. The third-order valence-corrected chi connectivity index (χ3v) is 2.72. The molecule has 0 unspecified atom stereocenters. The van der Waals surface area contributed by atoms with Crippen molar-refractivity contribution in [2.24, 2.45) is 0 Å². The number of likely N-dealkylation sites (N-methyl/N-ethyl adjacent to an activating group) is 1. The number of hydrogen-bond acceptors (Lipinski definition) is 5. The maximum atomic E-state index is 11.7. The van der Waals surface area contributed by atoms with Gasteiger partial charge in [-0.3, -0.25) is 4.79 Å². The van der Waals surface area contributed by atoms with Crippen LogP contribution in [0.25, 0.3) is 0 Å². The van der Waals surface area contributed by atoms with E-state index in [1.165, 1.54) is 16.7 Å². The minimum atomic E-state index is -0.530. The van der Waals surface area contributed by atoms with Gasteiger partial charge in [-0.25, -0.2) is 9.78 Å². The van der Waals surface area contributed by atoms with E-state index in [2.05, 4.69) is 4.98 Å². The van der Waals surface area contributed by atoms with Gasteiger partial charge in [-0.05, 0) is 18.4 Å². The number of carbonyl (C=O) groups excluding carboxylic acids is 2. The summed E-state index contributed by atoms with van der Waals surface area (Å²) in [7, 11) is 3.21. The van der Waals surface area contributed by atoms with Crippen LogP contribution >= 0.6 is 11.8 Å². The lowest BCUT2D eigenvalue weighted by Crippen LogP contribution is -2.27. The molecule has 17 heavy (non-hydrogen) atoms. The highest BCUT2D eigenvalue weighted by Gasteiger charge is 2.15. The second-order valence-corrected chi connectivity index (χ2v) is 4.22. The SMILES string of the molecule is CSc1ncccc1C(=O)OCC(=O)N(C)C. The lowest BCUT2D eigenvalue weighted by molar-refractivity contribution is -0.131. The van der Waals surface area contributed by atoms with Gasteiger partial charge >= 0.3 is 5.97 Å². The van der Waals surface area contributed by atoms with E-state index >= 15 is 0 Å². The van der Waals surface area contributed by atoms with Crippen molar-refractivity contribution in [3.63, 3.8) is 0 Å². The van der Waals surface area contributed by atoms with Gasteiger partial charge in [-0.2, -0.15) is 0 Å². The Balaban J connectivity index is 2.67. The highest BCUT2D eigenvalue weighted by molar-refractivity contribution is 7.98. The van der Waals surface area contributed by atoms with Crippen molar-refractivity contribution in [2.45, 2.75) is 5.03 Å². The molecule has 1 aromatic rings. The molecule has 0 saturated carbocycles. The van der Waals surface area contributed by atoms with E-state index in [0.717, 1.165) is 0 Å². The summed E-state index contributed by atoms with van der Waals surface area (Å²) in [5.74, 6) is -0.786. The van der Waals surface area contributed by atoms with E-state index in [4.69, 9.17) is 4.74 Å². The van der Waals surface area contributed by atoms with Crippen LogP contribution in [0.1, 0.15) is 10.4 Å². The molecular formula is C11H14N2O3S. The van der Waals surface area contributed by atoms with Crippen molar-refractivity contribution in [2.75, 3.05) is 27.0 Å². The molecule has 5 nitrogen and oxygen atoms in total. The zero-order valence-electron chi connectivity index (χ0n) is 9.97. The number of ether oxygens (including phenoxy) is 1.